The van der Waals surface area contributed by atoms with Crippen molar-refractivity contribution in [2.24, 2.45) is 0 Å². The molecule has 0 saturated carbocycles. The maximum atomic E-state index is 5.91. The van der Waals surface area contributed by atoms with Crippen LogP contribution < -0.4 is 21.3 Å². The second-order valence-corrected chi connectivity index (χ2v) is 6.06. The van der Waals surface area contributed by atoms with E-state index in [4.69, 9.17) is 5.73 Å². The molecule has 0 aliphatic carbocycles. The molecule has 1 atom stereocenters. The largest absolute Gasteiger partial charge is 0.368 e. The van der Waals surface area contributed by atoms with Crippen LogP contribution in [0.3, 0.4) is 0 Å². The van der Waals surface area contributed by atoms with Gasteiger partial charge in [0, 0.05) is 30.9 Å². The van der Waals surface area contributed by atoms with Crippen LogP contribution in [0, 0.1) is 13.8 Å². The molecule has 4 N–H and O–H groups in total. The third-order valence-corrected chi connectivity index (χ3v) is 4.52. The summed E-state index contributed by atoms with van der Waals surface area (Å²) in [6.07, 6.45) is 1.11. The zero-order valence-corrected chi connectivity index (χ0v) is 13.9. The lowest BCUT2D eigenvalue weighted by Gasteiger charge is -2.19. The fraction of sp³-hybridized carbons (Fsp3) is 0.412. The third-order valence-electron chi connectivity index (χ3n) is 4.52. The Bertz CT molecular complexity index is 699. The van der Waals surface area contributed by atoms with Crippen molar-refractivity contribution in [1.29, 1.82) is 0 Å². The van der Waals surface area contributed by atoms with Gasteiger partial charge < -0.3 is 21.3 Å². The maximum Gasteiger partial charge on any atom is 0.223 e. The van der Waals surface area contributed by atoms with Gasteiger partial charge in [0.15, 0.2) is 0 Å². The summed E-state index contributed by atoms with van der Waals surface area (Å²) >= 11 is 0. The minimum atomic E-state index is 0.295. The molecule has 0 amide bonds. The number of likely N-dealkylation sites (N-methyl/N-ethyl adjacent to an activating group) is 1. The monoisotopic (exact) mass is 312 g/mol. The highest BCUT2D eigenvalue weighted by Gasteiger charge is 2.22. The molecule has 2 aromatic rings. The van der Waals surface area contributed by atoms with Gasteiger partial charge in [-0.2, -0.15) is 9.97 Å². The van der Waals surface area contributed by atoms with Gasteiger partial charge in [0.25, 0.3) is 0 Å². The molecule has 0 spiro atoms. The summed E-state index contributed by atoms with van der Waals surface area (Å²) < 4.78 is 0. The van der Waals surface area contributed by atoms with Crippen molar-refractivity contribution in [2.75, 3.05) is 36.1 Å². The first-order chi connectivity index (χ1) is 11.1. The molecule has 1 aliphatic heterocycles. The number of aromatic nitrogens is 2. The Hall–Kier alpha value is -2.34. The molecular weight excluding hydrogens is 288 g/mol. The number of nitrogens with one attached hydrogen (secondary N) is 2. The smallest absolute Gasteiger partial charge is 0.223 e. The zero-order chi connectivity index (χ0) is 16.4. The van der Waals surface area contributed by atoms with Crippen molar-refractivity contribution in [3.05, 3.63) is 35.4 Å². The number of hydrogen-bond donors (Lipinski definition) is 3. The van der Waals surface area contributed by atoms with E-state index in [0.29, 0.717) is 12.0 Å². The average molecular weight is 312 g/mol. The van der Waals surface area contributed by atoms with Gasteiger partial charge in [0.1, 0.15) is 11.6 Å². The number of hydrogen-bond acceptors (Lipinski definition) is 6. The average Bonchev–Trinajstić information content (AvgIpc) is 3.00. The highest BCUT2D eigenvalue weighted by Crippen LogP contribution is 2.26. The van der Waals surface area contributed by atoms with Crippen molar-refractivity contribution < 1.29 is 0 Å². The molecule has 6 nitrogen and oxygen atoms in total. The van der Waals surface area contributed by atoms with E-state index in [1.807, 2.05) is 25.2 Å². The number of benzene rings is 1. The van der Waals surface area contributed by atoms with Crippen LogP contribution in [0.4, 0.5) is 23.3 Å². The summed E-state index contributed by atoms with van der Waals surface area (Å²) in [6, 6.07) is 8.65. The van der Waals surface area contributed by atoms with Crippen LogP contribution in [0.25, 0.3) is 0 Å². The second kappa shape index (κ2) is 6.42. The second-order valence-electron chi connectivity index (χ2n) is 6.06. The number of nitrogen functional groups attached to an aromatic ring is 1. The number of aryl methyl sites for hydroxylation is 1. The standard InChI is InChI=1S/C17H24N6/c1-11-5-4-6-14(12(11)2)20-15-9-16(22-17(18)21-15)23-8-7-13(10-23)19-3/h4-6,9,13,19H,7-8,10H2,1-3H3,(H3,18,20,21,22)/t13-/m1/s1. The van der Waals surface area contributed by atoms with Crippen molar-refractivity contribution in [1.82, 2.24) is 15.3 Å². The Morgan fingerprint density at radius 2 is 2.09 bits per heavy atom. The Morgan fingerprint density at radius 3 is 2.83 bits per heavy atom. The van der Waals surface area contributed by atoms with E-state index in [1.165, 1.54) is 11.1 Å². The third kappa shape index (κ3) is 3.37. The van der Waals surface area contributed by atoms with E-state index in [9.17, 15) is 0 Å². The van der Waals surface area contributed by atoms with Crippen molar-refractivity contribution in [2.45, 2.75) is 26.3 Å². The van der Waals surface area contributed by atoms with Crippen molar-refractivity contribution in [3.63, 3.8) is 0 Å². The van der Waals surface area contributed by atoms with Gasteiger partial charge in [0.05, 0.1) is 0 Å². The van der Waals surface area contributed by atoms with E-state index < -0.39 is 0 Å². The molecule has 1 aromatic carbocycles. The van der Waals surface area contributed by atoms with E-state index in [0.717, 1.165) is 36.8 Å². The maximum absolute atomic E-state index is 5.91. The van der Waals surface area contributed by atoms with Gasteiger partial charge in [-0.3, -0.25) is 0 Å². The molecule has 0 unspecified atom stereocenters. The SMILES string of the molecule is CN[C@@H]1CCN(c2cc(Nc3cccc(C)c3C)nc(N)n2)C1. The van der Waals surface area contributed by atoms with Gasteiger partial charge in [-0.1, -0.05) is 12.1 Å². The van der Waals surface area contributed by atoms with Crippen LogP contribution in [-0.4, -0.2) is 36.1 Å². The molecule has 1 fully saturated rings. The van der Waals surface area contributed by atoms with E-state index in [1.54, 1.807) is 0 Å². The summed E-state index contributed by atoms with van der Waals surface area (Å²) in [7, 11) is 2.00. The molecule has 122 valence electrons. The Balaban J connectivity index is 1.85. The lowest BCUT2D eigenvalue weighted by Crippen LogP contribution is -2.30. The molecule has 1 aliphatic rings. The van der Waals surface area contributed by atoms with E-state index >= 15 is 0 Å². The highest BCUT2D eigenvalue weighted by atomic mass is 15.3. The minimum Gasteiger partial charge on any atom is -0.368 e. The Kier molecular flexibility index (Phi) is 4.34. The quantitative estimate of drug-likeness (QED) is 0.803. The van der Waals surface area contributed by atoms with Crippen molar-refractivity contribution >= 4 is 23.3 Å². The normalized spacial score (nSPS) is 17.5. The predicted octanol–water partition coefficient (Wildman–Crippen LogP) is 2.22. The lowest BCUT2D eigenvalue weighted by molar-refractivity contribution is 0.616. The number of anilines is 4. The molecule has 6 heteroatoms. The molecular formula is C17H24N6. The van der Waals surface area contributed by atoms with Gasteiger partial charge in [-0.25, -0.2) is 0 Å². The number of nitrogens with zero attached hydrogens (tertiary/aromatic N) is 3. The highest BCUT2D eigenvalue weighted by molar-refractivity contribution is 5.65. The van der Waals surface area contributed by atoms with Gasteiger partial charge in [0.2, 0.25) is 5.95 Å². The summed E-state index contributed by atoms with van der Waals surface area (Å²) in [5, 5.41) is 6.68. The van der Waals surface area contributed by atoms with E-state index in [2.05, 4.69) is 45.4 Å². The van der Waals surface area contributed by atoms with Gasteiger partial charge in [-0.05, 0) is 44.5 Å². The van der Waals surface area contributed by atoms with Crippen LogP contribution in [0.2, 0.25) is 0 Å². The predicted molar refractivity (Wildman–Crippen MR) is 95.3 cm³/mol. The number of nitrogens with two attached hydrogens (primary N) is 1. The Labute approximate surface area is 137 Å². The van der Waals surface area contributed by atoms with Gasteiger partial charge in [-0.15, -0.1) is 0 Å². The molecule has 3 rings (SSSR count). The molecule has 1 saturated heterocycles. The van der Waals surface area contributed by atoms with Crippen molar-refractivity contribution in [3.8, 4) is 0 Å². The van der Waals surface area contributed by atoms with Crippen LogP contribution >= 0.6 is 0 Å². The summed E-state index contributed by atoms with van der Waals surface area (Å²) in [4.78, 5) is 11.0. The topological polar surface area (TPSA) is 79.1 Å². The summed E-state index contributed by atoms with van der Waals surface area (Å²) in [6.45, 7) is 6.12. The molecule has 2 heterocycles. The van der Waals surface area contributed by atoms with E-state index in [-0.39, 0.29) is 0 Å². The Morgan fingerprint density at radius 1 is 1.26 bits per heavy atom. The van der Waals surface area contributed by atoms with Crippen LogP contribution in [0.5, 0.6) is 0 Å². The zero-order valence-electron chi connectivity index (χ0n) is 13.9. The van der Waals surface area contributed by atoms with Crippen LogP contribution in [-0.2, 0) is 0 Å². The van der Waals surface area contributed by atoms with Crippen LogP contribution in [0.1, 0.15) is 17.5 Å². The lowest BCUT2D eigenvalue weighted by atomic mass is 10.1. The summed E-state index contributed by atoms with van der Waals surface area (Å²) in [5.41, 5.74) is 9.41. The molecule has 0 radical (unpaired) electrons. The first-order valence-corrected chi connectivity index (χ1v) is 7.97. The fourth-order valence-electron chi connectivity index (χ4n) is 2.91. The first kappa shape index (κ1) is 15.6. The summed E-state index contributed by atoms with van der Waals surface area (Å²) in [5.74, 6) is 1.90. The molecule has 23 heavy (non-hydrogen) atoms. The first-order valence-electron chi connectivity index (χ1n) is 7.97. The molecule has 1 aromatic heterocycles. The number of rotatable bonds is 4. The van der Waals surface area contributed by atoms with Gasteiger partial charge >= 0.3 is 0 Å². The fourth-order valence-corrected chi connectivity index (χ4v) is 2.91. The van der Waals surface area contributed by atoms with Crippen LogP contribution in [0.15, 0.2) is 24.3 Å². The minimum absolute atomic E-state index is 0.295. The molecule has 0 bridgehead atoms.